The van der Waals surface area contributed by atoms with Gasteiger partial charge >= 0.3 is 0 Å². The molecule has 0 saturated carbocycles. The highest BCUT2D eigenvalue weighted by Gasteiger charge is 2.13. The lowest BCUT2D eigenvalue weighted by atomic mass is 10.1. The van der Waals surface area contributed by atoms with Crippen molar-refractivity contribution in [3.63, 3.8) is 0 Å². The first-order chi connectivity index (χ1) is 12.7. The molecule has 2 N–H and O–H groups in total. The quantitative estimate of drug-likeness (QED) is 0.674. The van der Waals surface area contributed by atoms with Gasteiger partial charge in [-0.05, 0) is 36.1 Å². The van der Waals surface area contributed by atoms with Crippen molar-refractivity contribution in [1.29, 1.82) is 0 Å². The summed E-state index contributed by atoms with van der Waals surface area (Å²) in [4.78, 5) is 14.5. The number of nitrogens with zero attached hydrogens (tertiary/aromatic N) is 1. The van der Waals surface area contributed by atoms with Gasteiger partial charge in [0, 0.05) is 26.1 Å². The van der Waals surface area contributed by atoms with Gasteiger partial charge in [0.05, 0.1) is 14.2 Å². The molecule has 0 fully saturated rings. The number of amides is 1. The highest BCUT2D eigenvalue weighted by Crippen LogP contribution is 2.28. The summed E-state index contributed by atoms with van der Waals surface area (Å²) in [5.74, 6) is 1.50. The Balaban J connectivity index is 0.00000364. The van der Waals surface area contributed by atoms with E-state index in [1.165, 1.54) is 5.56 Å². The zero-order chi connectivity index (χ0) is 18.8. The molecule has 0 unspecified atom stereocenters. The van der Waals surface area contributed by atoms with Gasteiger partial charge in [-0.15, -0.1) is 12.4 Å². The Labute approximate surface area is 167 Å². The van der Waals surface area contributed by atoms with E-state index in [4.69, 9.17) is 15.2 Å². The highest BCUT2D eigenvalue weighted by atomic mass is 35.5. The maximum absolute atomic E-state index is 12.6. The molecule has 0 aliphatic carbocycles. The standard InChI is InChI=1S/C21H28N2O3.ClH/c1-25-19-10-8-18(16-20(19)26-2)9-11-21(24)23(15-13-22)14-12-17-6-4-3-5-7-17;/h3-8,10,16H,9,11-15,22H2,1-2H3;1H. The van der Waals surface area contributed by atoms with Crippen LogP contribution in [-0.2, 0) is 17.6 Å². The molecule has 0 aromatic heterocycles. The lowest BCUT2D eigenvalue weighted by molar-refractivity contribution is -0.131. The average molecular weight is 393 g/mol. The Bertz CT molecular complexity index is 695. The van der Waals surface area contributed by atoms with Gasteiger partial charge in [-0.1, -0.05) is 36.4 Å². The van der Waals surface area contributed by atoms with Crippen LogP contribution in [0, 0.1) is 0 Å². The second-order valence-corrected chi connectivity index (χ2v) is 6.09. The summed E-state index contributed by atoms with van der Waals surface area (Å²) in [5, 5.41) is 0. The summed E-state index contributed by atoms with van der Waals surface area (Å²) in [7, 11) is 3.22. The smallest absolute Gasteiger partial charge is 0.222 e. The Hall–Kier alpha value is -2.24. The van der Waals surface area contributed by atoms with Crippen molar-refractivity contribution in [1.82, 2.24) is 4.90 Å². The zero-order valence-electron chi connectivity index (χ0n) is 16.0. The van der Waals surface area contributed by atoms with E-state index in [1.54, 1.807) is 14.2 Å². The van der Waals surface area contributed by atoms with Gasteiger partial charge in [-0.3, -0.25) is 4.79 Å². The van der Waals surface area contributed by atoms with Crippen LogP contribution in [-0.4, -0.2) is 44.7 Å². The van der Waals surface area contributed by atoms with Gasteiger partial charge < -0.3 is 20.1 Å². The maximum atomic E-state index is 12.6. The predicted octanol–water partition coefficient (Wildman–Crippen LogP) is 3.09. The highest BCUT2D eigenvalue weighted by molar-refractivity contribution is 5.85. The summed E-state index contributed by atoms with van der Waals surface area (Å²) in [6.45, 7) is 1.74. The number of carbonyl (C=O) groups is 1. The first-order valence-corrected chi connectivity index (χ1v) is 8.90. The van der Waals surface area contributed by atoms with Gasteiger partial charge in [0.1, 0.15) is 0 Å². The molecular weight excluding hydrogens is 364 g/mol. The van der Waals surface area contributed by atoms with Gasteiger partial charge in [0.2, 0.25) is 5.91 Å². The molecule has 0 bridgehead atoms. The molecule has 0 saturated heterocycles. The van der Waals surface area contributed by atoms with Crippen LogP contribution < -0.4 is 15.2 Å². The van der Waals surface area contributed by atoms with Crippen LogP contribution in [0.3, 0.4) is 0 Å². The molecule has 5 nitrogen and oxygen atoms in total. The summed E-state index contributed by atoms with van der Waals surface area (Å²) in [5.41, 5.74) is 7.96. The van der Waals surface area contributed by atoms with Crippen molar-refractivity contribution >= 4 is 18.3 Å². The lowest BCUT2D eigenvalue weighted by Gasteiger charge is -2.22. The van der Waals surface area contributed by atoms with Crippen molar-refractivity contribution in [2.75, 3.05) is 33.9 Å². The number of aryl methyl sites for hydroxylation is 1. The van der Waals surface area contributed by atoms with E-state index in [0.29, 0.717) is 44.0 Å². The van der Waals surface area contributed by atoms with Crippen molar-refractivity contribution < 1.29 is 14.3 Å². The Morgan fingerprint density at radius 2 is 1.63 bits per heavy atom. The normalized spacial score (nSPS) is 10.0. The number of rotatable bonds is 10. The number of hydrogen-bond acceptors (Lipinski definition) is 4. The van der Waals surface area contributed by atoms with Crippen molar-refractivity contribution in [3.05, 3.63) is 59.7 Å². The molecule has 0 aliphatic rings. The van der Waals surface area contributed by atoms with E-state index < -0.39 is 0 Å². The number of carbonyl (C=O) groups excluding carboxylic acids is 1. The second kappa shape index (κ2) is 12.2. The number of halogens is 1. The molecule has 2 aromatic rings. The Morgan fingerprint density at radius 1 is 0.926 bits per heavy atom. The summed E-state index contributed by atoms with van der Waals surface area (Å²) >= 11 is 0. The summed E-state index contributed by atoms with van der Waals surface area (Å²) in [6.07, 6.45) is 1.94. The molecule has 6 heteroatoms. The van der Waals surface area contributed by atoms with Crippen molar-refractivity contribution in [2.24, 2.45) is 5.73 Å². The fourth-order valence-electron chi connectivity index (χ4n) is 2.87. The van der Waals surface area contributed by atoms with Crippen molar-refractivity contribution in [3.8, 4) is 11.5 Å². The van der Waals surface area contributed by atoms with Gasteiger partial charge in [0.15, 0.2) is 11.5 Å². The fourth-order valence-corrected chi connectivity index (χ4v) is 2.87. The Morgan fingerprint density at radius 3 is 2.26 bits per heavy atom. The molecule has 148 valence electrons. The van der Waals surface area contributed by atoms with Crippen LogP contribution in [0.1, 0.15) is 17.5 Å². The molecule has 0 atom stereocenters. The molecule has 27 heavy (non-hydrogen) atoms. The molecule has 2 aromatic carbocycles. The van der Waals surface area contributed by atoms with E-state index in [9.17, 15) is 4.79 Å². The first-order valence-electron chi connectivity index (χ1n) is 8.90. The van der Waals surface area contributed by atoms with Gasteiger partial charge in [0.25, 0.3) is 0 Å². The van der Waals surface area contributed by atoms with E-state index in [0.717, 1.165) is 12.0 Å². The Kier molecular flexibility index (Phi) is 10.3. The minimum atomic E-state index is 0. The number of nitrogens with two attached hydrogens (primary N) is 1. The number of benzene rings is 2. The molecule has 2 rings (SSSR count). The number of methoxy groups -OCH3 is 2. The lowest BCUT2D eigenvalue weighted by Crippen LogP contribution is -2.37. The van der Waals surface area contributed by atoms with Gasteiger partial charge in [-0.2, -0.15) is 0 Å². The van der Waals surface area contributed by atoms with Crippen LogP contribution in [0.4, 0.5) is 0 Å². The minimum Gasteiger partial charge on any atom is -0.493 e. The van der Waals surface area contributed by atoms with Crippen LogP contribution in [0.15, 0.2) is 48.5 Å². The minimum absolute atomic E-state index is 0. The third kappa shape index (κ3) is 7.12. The largest absolute Gasteiger partial charge is 0.493 e. The first kappa shape index (κ1) is 22.8. The van der Waals surface area contributed by atoms with E-state index >= 15 is 0 Å². The van der Waals surface area contributed by atoms with E-state index in [-0.39, 0.29) is 18.3 Å². The van der Waals surface area contributed by atoms with Crippen LogP contribution >= 0.6 is 12.4 Å². The van der Waals surface area contributed by atoms with Crippen LogP contribution in [0.2, 0.25) is 0 Å². The number of hydrogen-bond donors (Lipinski definition) is 1. The molecule has 1 amide bonds. The predicted molar refractivity (Wildman–Crippen MR) is 111 cm³/mol. The average Bonchev–Trinajstić information content (AvgIpc) is 2.69. The molecular formula is C21H29ClN2O3. The van der Waals surface area contributed by atoms with E-state index in [1.807, 2.05) is 41.3 Å². The van der Waals surface area contributed by atoms with E-state index in [2.05, 4.69) is 12.1 Å². The zero-order valence-corrected chi connectivity index (χ0v) is 16.8. The molecule has 0 radical (unpaired) electrons. The SMILES string of the molecule is COc1ccc(CCC(=O)N(CCN)CCc2ccccc2)cc1OC.Cl. The van der Waals surface area contributed by atoms with Crippen LogP contribution in [0.5, 0.6) is 11.5 Å². The molecule has 0 heterocycles. The maximum Gasteiger partial charge on any atom is 0.222 e. The van der Waals surface area contributed by atoms with Crippen LogP contribution in [0.25, 0.3) is 0 Å². The monoisotopic (exact) mass is 392 g/mol. The molecule has 0 aliphatic heterocycles. The topological polar surface area (TPSA) is 64.8 Å². The van der Waals surface area contributed by atoms with Crippen molar-refractivity contribution in [2.45, 2.75) is 19.3 Å². The third-order valence-corrected chi connectivity index (χ3v) is 4.34. The van der Waals surface area contributed by atoms with Gasteiger partial charge in [-0.25, -0.2) is 0 Å². The summed E-state index contributed by atoms with van der Waals surface area (Å²) in [6, 6.07) is 15.9. The summed E-state index contributed by atoms with van der Waals surface area (Å²) < 4.78 is 10.6. The third-order valence-electron chi connectivity index (χ3n) is 4.34. The fraction of sp³-hybridized carbons (Fsp3) is 0.381. The molecule has 0 spiro atoms. The second-order valence-electron chi connectivity index (χ2n) is 6.09. The number of ether oxygens (including phenoxy) is 2.